The summed E-state index contributed by atoms with van der Waals surface area (Å²) in [5, 5.41) is 8.73. The van der Waals surface area contributed by atoms with Crippen molar-refractivity contribution in [2.45, 2.75) is 32.3 Å². The Kier molecular flexibility index (Phi) is 4.53. The van der Waals surface area contributed by atoms with E-state index in [9.17, 15) is 0 Å². The van der Waals surface area contributed by atoms with Crippen LogP contribution in [0.1, 0.15) is 31.7 Å². The van der Waals surface area contributed by atoms with Crippen molar-refractivity contribution in [3.63, 3.8) is 0 Å². The average Bonchev–Trinajstić information content (AvgIpc) is 2.26. The zero-order valence-electron chi connectivity index (χ0n) is 9.31. The van der Waals surface area contributed by atoms with Crippen LogP contribution in [0.3, 0.4) is 0 Å². The molecule has 2 atom stereocenters. The Hall–Kier alpha value is -1.12. The lowest BCUT2D eigenvalue weighted by molar-refractivity contribution is -0.270. The average molecular weight is 206 g/mol. The van der Waals surface area contributed by atoms with E-state index in [1.807, 2.05) is 25.1 Å². The highest BCUT2D eigenvalue weighted by Gasteiger charge is 2.15. The Morgan fingerprint density at radius 1 is 1.40 bits per heavy atom. The van der Waals surface area contributed by atoms with E-state index < -0.39 is 0 Å². The summed E-state index contributed by atoms with van der Waals surface area (Å²) in [6, 6.07) is 10.2. The molecule has 1 rings (SSSR count). The minimum Gasteiger partial charge on any atom is -0.251 e. The summed E-state index contributed by atoms with van der Waals surface area (Å²) < 4.78 is 0. The van der Waals surface area contributed by atoms with Crippen LogP contribution in [0.25, 0.3) is 0 Å². The summed E-state index contributed by atoms with van der Waals surface area (Å²) in [4.78, 5) is 4.40. The van der Waals surface area contributed by atoms with Gasteiger partial charge in [-0.2, -0.15) is 0 Å². The fourth-order valence-electron chi connectivity index (χ4n) is 1.57. The molecule has 2 heteroatoms. The summed E-state index contributed by atoms with van der Waals surface area (Å²) in [5.41, 5.74) is 2.10. The molecule has 0 heterocycles. The summed E-state index contributed by atoms with van der Waals surface area (Å²) in [5.74, 6) is 0.347. The minimum atomic E-state index is -0.278. The van der Waals surface area contributed by atoms with Crippen molar-refractivity contribution in [2.75, 3.05) is 0 Å². The highest BCUT2D eigenvalue weighted by Crippen LogP contribution is 2.23. The molecule has 82 valence electrons. The first-order chi connectivity index (χ1) is 7.15. The van der Waals surface area contributed by atoms with Gasteiger partial charge in [-0.25, -0.2) is 4.89 Å². The van der Waals surface area contributed by atoms with Crippen LogP contribution in [0.15, 0.2) is 42.5 Å². The van der Waals surface area contributed by atoms with E-state index in [1.54, 1.807) is 0 Å². The van der Waals surface area contributed by atoms with Gasteiger partial charge in [0.25, 0.3) is 0 Å². The Morgan fingerprint density at radius 3 is 2.47 bits per heavy atom. The van der Waals surface area contributed by atoms with Gasteiger partial charge < -0.3 is 0 Å². The molecule has 0 aliphatic carbocycles. The molecular formula is C13H18O2. The van der Waals surface area contributed by atoms with Crippen molar-refractivity contribution < 1.29 is 10.1 Å². The van der Waals surface area contributed by atoms with E-state index in [-0.39, 0.29) is 6.10 Å². The van der Waals surface area contributed by atoms with Gasteiger partial charge in [-0.1, -0.05) is 43.8 Å². The third-order valence-corrected chi connectivity index (χ3v) is 2.61. The summed E-state index contributed by atoms with van der Waals surface area (Å²) in [6.07, 6.45) is 0.468. The molecule has 0 bridgehead atoms. The van der Waals surface area contributed by atoms with Crippen molar-refractivity contribution in [1.29, 1.82) is 0 Å². The molecule has 1 aromatic rings. The molecule has 15 heavy (non-hydrogen) atoms. The van der Waals surface area contributed by atoms with Crippen LogP contribution >= 0.6 is 0 Å². The maximum atomic E-state index is 8.73. The highest BCUT2D eigenvalue weighted by molar-refractivity contribution is 5.19. The van der Waals surface area contributed by atoms with Gasteiger partial charge in [0, 0.05) is 0 Å². The van der Waals surface area contributed by atoms with Crippen molar-refractivity contribution in [3.05, 3.63) is 48.0 Å². The minimum absolute atomic E-state index is 0.278. The van der Waals surface area contributed by atoms with Gasteiger partial charge in [0.2, 0.25) is 0 Å². The molecule has 0 aromatic heterocycles. The lowest BCUT2D eigenvalue weighted by atomic mass is 9.93. The zero-order valence-corrected chi connectivity index (χ0v) is 9.31. The third-order valence-electron chi connectivity index (χ3n) is 2.61. The molecule has 0 saturated carbocycles. The van der Waals surface area contributed by atoms with Crippen LogP contribution < -0.4 is 0 Å². The molecule has 0 fully saturated rings. The molecule has 1 N–H and O–H groups in total. The molecule has 0 aliphatic rings. The maximum Gasteiger partial charge on any atom is 0.114 e. The molecular weight excluding hydrogens is 188 g/mol. The summed E-state index contributed by atoms with van der Waals surface area (Å²) >= 11 is 0. The number of hydrogen-bond acceptors (Lipinski definition) is 2. The van der Waals surface area contributed by atoms with Crippen molar-refractivity contribution in [2.24, 2.45) is 0 Å². The molecule has 1 aromatic carbocycles. The molecule has 0 saturated heterocycles. The van der Waals surface area contributed by atoms with E-state index in [0.29, 0.717) is 5.92 Å². The lowest BCUT2D eigenvalue weighted by Crippen LogP contribution is -2.15. The number of benzene rings is 1. The molecule has 2 nitrogen and oxygen atoms in total. The smallest absolute Gasteiger partial charge is 0.114 e. The van der Waals surface area contributed by atoms with Gasteiger partial charge in [0.05, 0.1) is 0 Å². The first-order valence-electron chi connectivity index (χ1n) is 5.15. The second-order valence-electron chi connectivity index (χ2n) is 3.99. The van der Waals surface area contributed by atoms with Gasteiger partial charge in [-0.05, 0) is 30.4 Å². The Labute approximate surface area is 91.1 Å². The fraction of sp³-hybridized carbons (Fsp3) is 0.385. The molecule has 0 amide bonds. The van der Waals surface area contributed by atoms with Crippen LogP contribution in [0.2, 0.25) is 0 Å². The van der Waals surface area contributed by atoms with Gasteiger partial charge in [0.15, 0.2) is 0 Å². The van der Waals surface area contributed by atoms with Crippen molar-refractivity contribution in [1.82, 2.24) is 0 Å². The predicted octanol–water partition coefficient (Wildman–Crippen LogP) is 3.61. The zero-order chi connectivity index (χ0) is 11.3. The van der Waals surface area contributed by atoms with E-state index in [0.717, 1.165) is 12.0 Å². The van der Waals surface area contributed by atoms with Crippen molar-refractivity contribution in [3.8, 4) is 0 Å². The molecule has 0 unspecified atom stereocenters. The largest absolute Gasteiger partial charge is 0.251 e. The van der Waals surface area contributed by atoms with Crippen LogP contribution in [0, 0.1) is 0 Å². The second kappa shape index (κ2) is 5.69. The summed E-state index contributed by atoms with van der Waals surface area (Å²) in [6.45, 7) is 7.76. The van der Waals surface area contributed by atoms with E-state index >= 15 is 0 Å². The first kappa shape index (κ1) is 12.0. The van der Waals surface area contributed by atoms with Gasteiger partial charge in [0.1, 0.15) is 6.10 Å². The van der Waals surface area contributed by atoms with Gasteiger partial charge in [-0.15, -0.1) is 0 Å². The quantitative estimate of drug-likeness (QED) is 0.453. The van der Waals surface area contributed by atoms with Crippen LogP contribution in [-0.4, -0.2) is 11.4 Å². The molecule has 0 aliphatic heterocycles. The summed E-state index contributed by atoms with van der Waals surface area (Å²) in [7, 11) is 0. The van der Waals surface area contributed by atoms with E-state index in [1.165, 1.54) is 5.56 Å². The molecule has 0 radical (unpaired) electrons. The fourth-order valence-corrected chi connectivity index (χ4v) is 1.57. The third kappa shape index (κ3) is 3.50. The second-order valence-corrected chi connectivity index (χ2v) is 3.99. The van der Waals surface area contributed by atoms with Crippen LogP contribution in [-0.2, 0) is 4.89 Å². The van der Waals surface area contributed by atoms with E-state index in [2.05, 4.69) is 30.5 Å². The topological polar surface area (TPSA) is 29.5 Å². The standard InChI is InChI=1S/C13H18O2/c1-10(2)13(15-14)9-11(3)12-7-5-4-6-8-12/h4-8,11,13-14H,1,9H2,2-3H3/t11-,13+/m0/s1. The number of hydrogen-bond donors (Lipinski definition) is 1. The Bertz CT molecular complexity index is 306. The normalized spacial score (nSPS) is 14.6. The molecule has 0 spiro atoms. The highest BCUT2D eigenvalue weighted by atomic mass is 17.1. The Balaban J connectivity index is 2.62. The first-order valence-corrected chi connectivity index (χ1v) is 5.15. The van der Waals surface area contributed by atoms with Crippen LogP contribution in [0.4, 0.5) is 0 Å². The van der Waals surface area contributed by atoms with Gasteiger partial charge in [-0.3, -0.25) is 5.26 Å². The van der Waals surface area contributed by atoms with Gasteiger partial charge >= 0.3 is 0 Å². The maximum absolute atomic E-state index is 8.73. The van der Waals surface area contributed by atoms with Crippen LogP contribution in [0.5, 0.6) is 0 Å². The SMILES string of the molecule is C=C(C)[C@@H](C[C@H](C)c1ccccc1)OO. The Morgan fingerprint density at radius 2 is 2.00 bits per heavy atom. The number of rotatable bonds is 5. The lowest BCUT2D eigenvalue weighted by Gasteiger charge is -2.18. The monoisotopic (exact) mass is 206 g/mol. The predicted molar refractivity (Wildman–Crippen MR) is 61.8 cm³/mol. The van der Waals surface area contributed by atoms with Crippen molar-refractivity contribution >= 4 is 0 Å². The van der Waals surface area contributed by atoms with E-state index in [4.69, 9.17) is 5.26 Å².